The molecule has 82 valence electrons. The topological polar surface area (TPSA) is 76.2 Å². The third-order valence-corrected chi connectivity index (χ3v) is 2.03. The van der Waals surface area contributed by atoms with Crippen molar-refractivity contribution >= 4 is 5.97 Å². The molecule has 6 heteroatoms. The van der Waals surface area contributed by atoms with Crippen molar-refractivity contribution in [2.75, 3.05) is 0 Å². The summed E-state index contributed by atoms with van der Waals surface area (Å²) in [5.41, 5.74) is 1.11. The molecule has 0 aliphatic carbocycles. The Morgan fingerprint density at radius 3 is 2.75 bits per heavy atom. The second-order valence-corrected chi connectivity index (χ2v) is 3.18. The number of hydrogen-bond acceptors (Lipinski definition) is 4. The molecule has 0 amide bonds. The van der Waals surface area contributed by atoms with Crippen LogP contribution in [0.3, 0.4) is 0 Å². The summed E-state index contributed by atoms with van der Waals surface area (Å²) in [4.78, 5) is 10.5. The van der Waals surface area contributed by atoms with Crippen molar-refractivity contribution in [1.29, 1.82) is 0 Å². The fourth-order valence-electron chi connectivity index (χ4n) is 1.29. The molecule has 0 saturated heterocycles. The van der Waals surface area contributed by atoms with Crippen molar-refractivity contribution < 1.29 is 18.7 Å². The summed E-state index contributed by atoms with van der Waals surface area (Å²) < 4.78 is 17.7. The molecule has 0 aliphatic heterocycles. The molecule has 1 heterocycles. The van der Waals surface area contributed by atoms with Gasteiger partial charge >= 0.3 is 11.9 Å². The first-order valence-corrected chi connectivity index (χ1v) is 4.41. The number of hydrogen-bond donors (Lipinski definition) is 1. The minimum Gasteiger partial charge on any atom is -0.474 e. The highest BCUT2D eigenvalue weighted by Crippen LogP contribution is 2.22. The molecule has 0 atom stereocenters. The molecule has 1 aromatic carbocycles. The number of aromatic carboxylic acids is 1. The average Bonchev–Trinajstić information content (AvgIpc) is 2.66. The maximum absolute atomic E-state index is 12.8. The van der Waals surface area contributed by atoms with Gasteiger partial charge in [-0.25, -0.2) is 9.18 Å². The second-order valence-electron chi connectivity index (χ2n) is 3.18. The van der Waals surface area contributed by atoms with E-state index in [9.17, 15) is 9.18 Å². The number of halogens is 1. The first-order chi connectivity index (χ1) is 7.58. The van der Waals surface area contributed by atoms with Crippen LogP contribution in [0.1, 0.15) is 16.2 Å². The van der Waals surface area contributed by atoms with Crippen LogP contribution in [0.4, 0.5) is 4.39 Å². The van der Waals surface area contributed by atoms with E-state index in [4.69, 9.17) is 9.52 Å². The van der Waals surface area contributed by atoms with E-state index in [1.807, 2.05) is 0 Å². The van der Waals surface area contributed by atoms with Gasteiger partial charge in [0.05, 0.1) is 0 Å². The molecular formula is C10H7FN2O3. The molecule has 5 nitrogen and oxygen atoms in total. The second kappa shape index (κ2) is 3.73. The fourth-order valence-corrected chi connectivity index (χ4v) is 1.29. The zero-order valence-corrected chi connectivity index (χ0v) is 8.27. The molecule has 1 N–H and O–H groups in total. The number of carboxylic acids is 1. The van der Waals surface area contributed by atoms with Crippen LogP contribution in [0.15, 0.2) is 22.6 Å². The molecule has 2 rings (SSSR count). The predicted molar refractivity (Wildman–Crippen MR) is 51.4 cm³/mol. The maximum Gasteiger partial charge on any atom is 0.393 e. The van der Waals surface area contributed by atoms with E-state index in [-0.39, 0.29) is 11.7 Å². The van der Waals surface area contributed by atoms with Crippen molar-refractivity contribution in [3.63, 3.8) is 0 Å². The Balaban J connectivity index is 2.46. The summed E-state index contributed by atoms with van der Waals surface area (Å²) in [7, 11) is 0. The van der Waals surface area contributed by atoms with Crippen LogP contribution in [0.2, 0.25) is 0 Å². The molecule has 0 radical (unpaired) electrons. The summed E-state index contributed by atoms with van der Waals surface area (Å²) in [5, 5.41) is 15.5. The van der Waals surface area contributed by atoms with Gasteiger partial charge in [0.1, 0.15) is 5.82 Å². The number of carboxylic acid groups (broad SMARTS) is 1. The zero-order valence-electron chi connectivity index (χ0n) is 8.27. The number of benzene rings is 1. The first kappa shape index (κ1) is 10.3. The average molecular weight is 222 g/mol. The van der Waals surface area contributed by atoms with E-state index in [2.05, 4.69) is 10.2 Å². The number of carbonyl (C=O) groups is 1. The van der Waals surface area contributed by atoms with E-state index in [1.165, 1.54) is 18.2 Å². The van der Waals surface area contributed by atoms with Crippen LogP contribution in [0.25, 0.3) is 11.5 Å². The Bertz CT molecular complexity index is 551. The molecular weight excluding hydrogens is 215 g/mol. The molecule has 0 saturated carbocycles. The van der Waals surface area contributed by atoms with Crippen molar-refractivity contribution in [3.8, 4) is 11.5 Å². The van der Waals surface area contributed by atoms with Gasteiger partial charge < -0.3 is 9.52 Å². The minimum absolute atomic E-state index is 0.0647. The molecule has 0 bridgehead atoms. The van der Waals surface area contributed by atoms with E-state index < -0.39 is 11.9 Å². The van der Waals surface area contributed by atoms with Crippen LogP contribution >= 0.6 is 0 Å². The van der Waals surface area contributed by atoms with Crippen LogP contribution < -0.4 is 0 Å². The Labute approximate surface area is 89.5 Å². The van der Waals surface area contributed by atoms with Crippen LogP contribution in [0.5, 0.6) is 0 Å². The highest BCUT2D eigenvalue weighted by molar-refractivity contribution is 5.82. The lowest BCUT2D eigenvalue weighted by Gasteiger charge is -1.99. The van der Waals surface area contributed by atoms with E-state index in [1.54, 1.807) is 6.92 Å². The van der Waals surface area contributed by atoms with Crippen molar-refractivity contribution in [3.05, 3.63) is 35.5 Å². The summed E-state index contributed by atoms with van der Waals surface area (Å²) >= 11 is 0. The number of rotatable bonds is 2. The molecule has 0 aliphatic rings. The number of nitrogens with zero attached hydrogens (tertiary/aromatic N) is 2. The molecule has 2 aromatic rings. The SMILES string of the molecule is Cc1cc(F)ccc1-c1nnc(C(=O)O)o1. The van der Waals surface area contributed by atoms with Gasteiger partial charge in [0.2, 0.25) is 5.89 Å². The smallest absolute Gasteiger partial charge is 0.393 e. The third-order valence-electron chi connectivity index (χ3n) is 2.03. The molecule has 0 fully saturated rings. The van der Waals surface area contributed by atoms with E-state index in [0.29, 0.717) is 11.1 Å². The Hall–Kier alpha value is -2.24. The first-order valence-electron chi connectivity index (χ1n) is 4.41. The number of aryl methyl sites for hydroxylation is 1. The van der Waals surface area contributed by atoms with Crippen LogP contribution in [-0.2, 0) is 0 Å². The Morgan fingerprint density at radius 1 is 1.44 bits per heavy atom. The predicted octanol–water partition coefficient (Wildman–Crippen LogP) is 1.88. The van der Waals surface area contributed by atoms with Crippen molar-refractivity contribution in [2.24, 2.45) is 0 Å². The Morgan fingerprint density at radius 2 is 2.19 bits per heavy atom. The summed E-state index contributed by atoms with van der Waals surface area (Å²) in [6, 6.07) is 4.01. The molecule has 0 unspecified atom stereocenters. The zero-order chi connectivity index (χ0) is 11.7. The van der Waals surface area contributed by atoms with E-state index >= 15 is 0 Å². The quantitative estimate of drug-likeness (QED) is 0.839. The summed E-state index contributed by atoms with van der Waals surface area (Å²) in [6.07, 6.45) is 0. The van der Waals surface area contributed by atoms with Gasteiger partial charge in [-0.1, -0.05) is 0 Å². The van der Waals surface area contributed by atoms with Crippen LogP contribution in [-0.4, -0.2) is 21.3 Å². The standard InChI is InChI=1S/C10H7FN2O3/c1-5-4-6(11)2-3-7(5)8-12-13-9(16-8)10(14)15/h2-4H,1H3,(H,14,15). The largest absolute Gasteiger partial charge is 0.474 e. The molecule has 16 heavy (non-hydrogen) atoms. The third kappa shape index (κ3) is 1.77. The van der Waals surface area contributed by atoms with Crippen molar-refractivity contribution in [1.82, 2.24) is 10.2 Å². The maximum atomic E-state index is 12.8. The van der Waals surface area contributed by atoms with Gasteiger partial charge in [0.25, 0.3) is 0 Å². The Kier molecular flexibility index (Phi) is 2.40. The van der Waals surface area contributed by atoms with Crippen molar-refractivity contribution in [2.45, 2.75) is 6.92 Å². The fraction of sp³-hybridized carbons (Fsp3) is 0.100. The van der Waals surface area contributed by atoms with E-state index in [0.717, 1.165) is 0 Å². The lowest BCUT2D eigenvalue weighted by Crippen LogP contribution is -1.95. The van der Waals surface area contributed by atoms with Gasteiger partial charge in [-0.15, -0.1) is 10.2 Å². The van der Waals surface area contributed by atoms with Gasteiger partial charge in [-0.05, 0) is 30.7 Å². The minimum atomic E-state index is -1.29. The monoisotopic (exact) mass is 222 g/mol. The lowest BCUT2D eigenvalue weighted by molar-refractivity contribution is 0.0654. The summed E-state index contributed by atoms with van der Waals surface area (Å²) in [6.45, 7) is 1.67. The highest BCUT2D eigenvalue weighted by atomic mass is 19.1. The molecule has 1 aromatic heterocycles. The normalized spacial score (nSPS) is 10.4. The molecule has 0 spiro atoms. The lowest BCUT2D eigenvalue weighted by atomic mass is 10.1. The van der Waals surface area contributed by atoms with Gasteiger partial charge in [-0.3, -0.25) is 0 Å². The van der Waals surface area contributed by atoms with Gasteiger partial charge in [-0.2, -0.15) is 0 Å². The van der Waals surface area contributed by atoms with Gasteiger partial charge in [0.15, 0.2) is 0 Å². The summed E-state index contributed by atoms with van der Waals surface area (Å²) in [5.74, 6) is -2.09. The highest BCUT2D eigenvalue weighted by Gasteiger charge is 2.15. The van der Waals surface area contributed by atoms with Crippen LogP contribution in [0, 0.1) is 12.7 Å². The number of aromatic nitrogens is 2. The van der Waals surface area contributed by atoms with Gasteiger partial charge in [0, 0.05) is 5.56 Å².